The first-order chi connectivity index (χ1) is 0. The fraction of sp³-hybridized carbons (Fsp3) is 0. The Hall–Kier alpha value is 5.30. The summed E-state index contributed by atoms with van der Waals surface area (Å²) < 4.78 is 0. The molecule has 0 aromatic heterocycles. The average Bonchev–Trinajstić information content (AvgIpc) is 0. The summed E-state index contributed by atoms with van der Waals surface area (Å²) in [5.74, 6) is 0. The summed E-state index contributed by atoms with van der Waals surface area (Å²) in [4.78, 5) is 0. The molecule has 0 amide bonds. The molecule has 0 aliphatic heterocycles. The molecule has 0 fully saturated rings. The Morgan fingerprint density at radius 2 is 0.400 bits per heavy atom. The summed E-state index contributed by atoms with van der Waals surface area (Å²) >= 11 is 0. The van der Waals surface area contributed by atoms with E-state index in [9.17, 15) is 0 Å². The summed E-state index contributed by atoms with van der Waals surface area (Å²) in [6.07, 6.45) is 0. The smallest absolute Gasteiger partial charge is 0 e. The van der Waals surface area contributed by atoms with Gasteiger partial charge in [-0.3, -0.25) is 0 Å². The van der Waals surface area contributed by atoms with Gasteiger partial charge in [0.05, 0.1) is 0 Å². The Bertz CT molecular complexity index is 4.85. The van der Waals surface area contributed by atoms with Crippen LogP contribution in [0.1, 0.15) is 0 Å². The Morgan fingerprint density at radius 1 is 0.400 bits per heavy atom. The van der Waals surface area contributed by atoms with Crippen LogP contribution in [0.5, 0.6) is 0 Å². The molecule has 0 N–H and O–H groups in total. The summed E-state index contributed by atoms with van der Waals surface area (Å²) in [6, 6.07) is 0. The molecule has 0 bridgehead atoms. The summed E-state index contributed by atoms with van der Waals surface area (Å²) in [5.41, 5.74) is 0. The van der Waals surface area contributed by atoms with E-state index in [4.69, 9.17) is 0 Å². The molecule has 44 valence electrons. The predicted molar refractivity (Wildman–Crippen MR) is 0 cm³/mol. The molecular weight excluding hydrogens is 685 g/mol. The molecule has 0 saturated carbocycles. The van der Waals surface area contributed by atoms with Crippen LogP contribution in [0.3, 0.4) is 0 Å². The molecule has 0 unspecified atom stereocenters. The molecule has 0 saturated heterocycles. The van der Waals surface area contributed by atoms with Gasteiger partial charge in [0.15, 0.2) is 0 Å². The van der Waals surface area contributed by atoms with Crippen LogP contribution >= 0.6 is 0 Å². The molecule has 0 radical (unpaired) electrons. The van der Waals surface area contributed by atoms with Gasteiger partial charge in [0, 0.05) is 161 Å². The maximum atomic E-state index is 0. The second-order valence-electron chi connectivity index (χ2n) is 0. The standard InChI is InChI=1S/3Gd.2Pd. The van der Waals surface area contributed by atoms with Gasteiger partial charge in [-0.2, -0.15) is 0 Å². The van der Waals surface area contributed by atoms with Crippen LogP contribution < -0.4 is 0 Å². The van der Waals surface area contributed by atoms with Crippen molar-refractivity contribution in [3.63, 3.8) is 0 Å². The number of rotatable bonds is 0. The van der Waals surface area contributed by atoms with Crippen molar-refractivity contribution in [3.8, 4) is 0 Å². The minimum Gasteiger partial charge on any atom is 0 e. The largest absolute Gasteiger partial charge is 0 e. The van der Waals surface area contributed by atoms with E-state index in [1.54, 1.807) is 0 Å². The Labute approximate surface area is 155 Å². The van der Waals surface area contributed by atoms with Gasteiger partial charge >= 0.3 is 0 Å². The van der Waals surface area contributed by atoms with E-state index in [0.29, 0.717) is 0 Å². The Morgan fingerprint density at radius 3 is 0.400 bits per heavy atom. The number of hydrogen-bond donors (Lipinski definition) is 0. The van der Waals surface area contributed by atoms with Gasteiger partial charge in [0.1, 0.15) is 0 Å². The molecule has 5 heavy (non-hydrogen) atoms. The van der Waals surface area contributed by atoms with Crippen LogP contribution in [0, 0.1) is 120 Å². The molecule has 0 atom stereocenters. The van der Waals surface area contributed by atoms with E-state index >= 15 is 0 Å². The van der Waals surface area contributed by atoms with Crippen molar-refractivity contribution < 1.29 is 161 Å². The van der Waals surface area contributed by atoms with Gasteiger partial charge < -0.3 is 0 Å². The van der Waals surface area contributed by atoms with Crippen molar-refractivity contribution >= 4 is 0 Å². The van der Waals surface area contributed by atoms with E-state index in [1.165, 1.54) is 0 Å². The molecule has 5 heteroatoms. The van der Waals surface area contributed by atoms with Gasteiger partial charge in [-0.25, -0.2) is 0 Å². The molecule has 0 rings (SSSR count). The Kier molecular flexibility index (Phi) is 145. The minimum atomic E-state index is 0. The van der Waals surface area contributed by atoms with Crippen LogP contribution in [0.2, 0.25) is 0 Å². The van der Waals surface area contributed by atoms with Crippen LogP contribution in [0.4, 0.5) is 0 Å². The van der Waals surface area contributed by atoms with Gasteiger partial charge in [-0.15, -0.1) is 0 Å². The molecule has 0 aromatic rings. The van der Waals surface area contributed by atoms with Crippen molar-refractivity contribution in [1.82, 2.24) is 0 Å². The summed E-state index contributed by atoms with van der Waals surface area (Å²) in [6.45, 7) is 0. The topological polar surface area (TPSA) is 0 Å². The van der Waals surface area contributed by atoms with Gasteiger partial charge in [-0.1, -0.05) is 0 Å². The third kappa shape index (κ3) is 17.6. The molecule has 0 aliphatic rings. The zero-order valence-electron chi connectivity index (χ0n) is 1.69. The number of hydrogen-bond acceptors (Lipinski definition) is 0. The monoisotopic (exact) mass is 686 g/mol. The van der Waals surface area contributed by atoms with Gasteiger partial charge in [0.25, 0.3) is 0 Å². The van der Waals surface area contributed by atoms with Crippen LogP contribution in [-0.4, -0.2) is 0 Å². The molecule has 0 heterocycles. The fourth-order valence-electron chi connectivity index (χ4n) is 0. The van der Waals surface area contributed by atoms with Crippen molar-refractivity contribution in [2.75, 3.05) is 0 Å². The van der Waals surface area contributed by atoms with Crippen molar-refractivity contribution in [2.24, 2.45) is 0 Å². The van der Waals surface area contributed by atoms with Crippen LogP contribution in [-0.2, 0) is 40.8 Å². The van der Waals surface area contributed by atoms with Gasteiger partial charge in [-0.05, 0) is 0 Å². The van der Waals surface area contributed by atoms with Crippen molar-refractivity contribution in [3.05, 3.63) is 0 Å². The molecule has 0 nitrogen and oxygen atoms in total. The zero-order chi connectivity index (χ0) is 0. The molecule has 0 spiro atoms. The molecule has 0 aliphatic carbocycles. The van der Waals surface area contributed by atoms with Crippen molar-refractivity contribution in [2.45, 2.75) is 0 Å². The molecule has 0 aromatic carbocycles. The van der Waals surface area contributed by atoms with E-state index in [0.717, 1.165) is 0 Å². The predicted octanol–water partition coefficient (Wildman–Crippen LogP) is -0.00500. The molecular formula is Gd3Pd2. The first-order valence-corrected chi connectivity index (χ1v) is 0. The van der Waals surface area contributed by atoms with Gasteiger partial charge in [0.2, 0.25) is 0 Å². The fourth-order valence-corrected chi connectivity index (χ4v) is 0. The quantitative estimate of drug-likeness (QED) is 0.316. The normalized spacial score (nSPS) is 0. The van der Waals surface area contributed by atoms with Crippen LogP contribution in [0.15, 0.2) is 0 Å². The summed E-state index contributed by atoms with van der Waals surface area (Å²) in [7, 11) is 0. The zero-order valence-corrected chi connectivity index (χ0v) is 11.6. The maximum Gasteiger partial charge on any atom is 0 e. The van der Waals surface area contributed by atoms with E-state index < -0.39 is 0 Å². The van der Waals surface area contributed by atoms with Crippen LogP contribution in [0.25, 0.3) is 0 Å². The second kappa shape index (κ2) is 22.8. The van der Waals surface area contributed by atoms with E-state index in [-0.39, 0.29) is 161 Å². The maximum absolute atomic E-state index is 0. The summed E-state index contributed by atoms with van der Waals surface area (Å²) in [5, 5.41) is 0. The third-order valence-electron chi connectivity index (χ3n) is 0. The van der Waals surface area contributed by atoms with E-state index in [1.807, 2.05) is 0 Å². The first kappa shape index (κ1) is 31.7. The van der Waals surface area contributed by atoms with Crippen molar-refractivity contribution in [1.29, 1.82) is 0 Å². The second-order valence-corrected chi connectivity index (χ2v) is 0. The third-order valence-corrected chi connectivity index (χ3v) is 0. The SMILES string of the molecule is [Gd].[Gd].[Gd].[Pd].[Pd]. The van der Waals surface area contributed by atoms with E-state index in [2.05, 4.69) is 0 Å². The first-order valence-electron chi connectivity index (χ1n) is 0. The Balaban J connectivity index is 0. The average molecular weight is 685 g/mol. The minimum absolute atomic E-state index is 0.